The van der Waals surface area contributed by atoms with E-state index in [1.165, 1.54) is 4.88 Å². The maximum absolute atomic E-state index is 12.0. The summed E-state index contributed by atoms with van der Waals surface area (Å²) in [5.74, 6) is -0.0266. The highest BCUT2D eigenvalue weighted by Crippen LogP contribution is 2.35. The first-order valence-corrected chi connectivity index (χ1v) is 12.2. The molecule has 0 aliphatic heterocycles. The Balaban J connectivity index is 1.40. The standard InChI is InChI=1S/C26H21N7OS/c1-2-4-23(34)29-16-11-15(13-27-14-16)19-6-7-20-24(30-19)25(33-32-20)21-12-18-17(22-5-3-10-35-22)8-9-28-26(18)31-21/h3,5-14H,2,4H2,1H3,(H,28,31)(H,29,34)(H,32,33). The van der Waals surface area contributed by atoms with Crippen LogP contribution in [-0.4, -0.2) is 36.0 Å². The molecule has 0 saturated heterocycles. The third-order valence-electron chi connectivity index (χ3n) is 5.78. The number of fused-ring (bicyclic) bond motifs is 2. The molecule has 0 spiro atoms. The van der Waals surface area contributed by atoms with Crippen LogP contribution in [0.4, 0.5) is 5.69 Å². The molecule has 6 rings (SSSR count). The van der Waals surface area contributed by atoms with Crippen LogP contribution in [0, 0.1) is 0 Å². The predicted octanol–water partition coefficient (Wildman–Crippen LogP) is 6.03. The minimum absolute atomic E-state index is 0.0266. The van der Waals surface area contributed by atoms with Crippen molar-refractivity contribution >= 4 is 45.0 Å². The molecule has 6 aromatic rings. The van der Waals surface area contributed by atoms with E-state index in [4.69, 9.17) is 4.98 Å². The molecule has 0 saturated carbocycles. The van der Waals surface area contributed by atoms with E-state index in [2.05, 4.69) is 48.0 Å². The molecule has 0 bridgehead atoms. The number of pyridine rings is 3. The van der Waals surface area contributed by atoms with Crippen LogP contribution in [0.2, 0.25) is 0 Å². The van der Waals surface area contributed by atoms with Gasteiger partial charge in [-0.1, -0.05) is 13.0 Å². The number of carbonyl (C=O) groups excluding carboxylic acids is 1. The van der Waals surface area contributed by atoms with Crippen LogP contribution in [0.15, 0.2) is 66.4 Å². The largest absolute Gasteiger partial charge is 0.338 e. The first-order chi connectivity index (χ1) is 17.2. The van der Waals surface area contributed by atoms with E-state index in [1.54, 1.807) is 23.7 Å². The van der Waals surface area contributed by atoms with E-state index >= 15 is 0 Å². The van der Waals surface area contributed by atoms with E-state index in [9.17, 15) is 4.79 Å². The maximum atomic E-state index is 12.0. The minimum atomic E-state index is -0.0266. The van der Waals surface area contributed by atoms with Gasteiger partial charge in [0.2, 0.25) is 5.91 Å². The lowest BCUT2D eigenvalue weighted by Gasteiger charge is -2.06. The van der Waals surface area contributed by atoms with Crippen molar-refractivity contribution in [3.63, 3.8) is 0 Å². The number of H-pyrrole nitrogens is 2. The van der Waals surface area contributed by atoms with Gasteiger partial charge in [0, 0.05) is 40.2 Å². The van der Waals surface area contributed by atoms with Crippen LogP contribution < -0.4 is 5.32 Å². The Kier molecular flexibility index (Phi) is 5.31. The van der Waals surface area contributed by atoms with Gasteiger partial charge in [-0.15, -0.1) is 11.3 Å². The van der Waals surface area contributed by atoms with Crippen molar-refractivity contribution in [3.8, 4) is 33.1 Å². The summed E-state index contributed by atoms with van der Waals surface area (Å²) in [5.41, 5.74) is 7.27. The van der Waals surface area contributed by atoms with E-state index in [0.717, 1.165) is 56.7 Å². The molecule has 3 N–H and O–H groups in total. The molecule has 0 atom stereocenters. The van der Waals surface area contributed by atoms with Crippen LogP contribution in [0.5, 0.6) is 0 Å². The summed E-state index contributed by atoms with van der Waals surface area (Å²) in [6.45, 7) is 1.97. The van der Waals surface area contributed by atoms with E-state index < -0.39 is 0 Å². The Morgan fingerprint density at radius 1 is 1.14 bits per heavy atom. The summed E-state index contributed by atoms with van der Waals surface area (Å²) in [6, 6.07) is 14.0. The van der Waals surface area contributed by atoms with Gasteiger partial charge in [-0.05, 0) is 48.2 Å². The Bertz CT molecular complexity index is 1670. The molecule has 0 aromatic carbocycles. The van der Waals surface area contributed by atoms with E-state index in [0.29, 0.717) is 12.1 Å². The van der Waals surface area contributed by atoms with Gasteiger partial charge in [-0.3, -0.25) is 14.9 Å². The molecular formula is C26H21N7OS. The molecule has 6 aromatic heterocycles. The SMILES string of the molecule is CCCC(=O)Nc1cncc(-c2ccc3[nH]nc(-c4cc5c(-c6cccs6)ccnc5[nH]4)c3n2)c1. The lowest BCUT2D eigenvalue weighted by Crippen LogP contribution is -2.10. The quantitative estimate of drug-likeness (QED) is 0.270. The van der Waals surface area contributed by atoms with Crippen LogP contribution >= 0.6 is 11.3 Å². The summed E-state index contributed by atoms with van der Waals surface area (Å²) < 4.78 is 0. The molecule has 0 aliphatic rings. The summed E-state index contributed by atoms with van der Waals surface area (Å²) >= 11 is 1.70. The van der Waals surface area contributed by atoms with E-state index in [1.807, 2.05) is 43.5 Å². The number of carbonyl (C=O) groups is 1. The Morgan fingerprint density at radius 3 is 2.94 bits per heavy atom. The molecule has 9 heteroatoms. The monoisotopic (exact) mass is 479 g/mol. The van der Waals surface area contributed by atoms with Crippen LogP contribution in [0.1, 0.15) is 19.8 Å². The molecule has 0 unspecified atom stereocenters. The summed E-state index contributed by atoms with van der Waals surface area (Å²) in [5, 5.41) is 13.6. The molecule has 6 heterocycles. The van der Waals surface area contributed by atoms with Crippen molar-refractivity contribution in [3.05, 3.63) is 66.4 Å². The van der Waals surface area contributed by atoms with Crippen molar-refractivity contribution < 1.29 is 4.79 Å². The zero-order valence-electron chi connectivity index (χ0n) is 18.9. The average molecular weight is 480 g/mol. The lowest BCUT2D eigenvalue weighted by molar-refractivity contribution is -0.116. The van der Waals surface area contributed by atoms with Gasteiger partial charge >= 0.3 is 0 Å². The Labute approximate surface area is 204 Å². The van der Waals surface area contributed by atoms with Gasteiger partial charge in [-0.2, -0.15) is 5.10 Å². The van der Waals surface area contributed by atoms with Gasteiger partial charge in [-0.25, -0.2) is 9.97 Å². The number of hydrogen-bond donors (Lipinski definition) is 3. The third-order valence-corrected chi connectivity index (χ3v) is 6.68. The van der Waals surface area contributed by atoms with E-state index in [-0.39, 0.29) is 5.91 Å². The van der Waals surface area contributed by atoms with Gasteiger partial charge < -0.3 is 10.3 Å². The minimum Gasteiger partial charge on any atom is -0.338 e. The molecular weight excluding hydrogens is 458 g/mol. The molecule has 0 aliphatic carbocycles. The number of hydrogen-bond acceptors (Lipinski definition) is 6. The van der Waals surface area contributed by atoms with Crippen LogP contribution in [-0.2, 0) is 4.79 Å². The van der Waals surface area contributed by atoms with Gasteiger partial charge in [0.25, 0.3) is 0 Å². The summed E-state index contributed by atoms with van der Waals surface area (Å²) in [4.78, 5) is 30.3. The van der Waals surface area contributed by atoms with Crippen molar-refractivity contribution in [1.82, 2.24) is 30.1 Å². The number of thiophene rings is 1. The predicted molar refractivity (Wildman–Crippen MR) is 139 cm³/mol. The highest BCUT2D eigenvalue weighted by Gasteiger charge is 2.16. The van der Waals surface area contributed by atoms with Crippen molar-refractivity contribution in [2.24, 2.45) is 0 Å². The molecule has 35 heavy (non-hydrogen) atoms. The van der Waals surface area contributed by atoms with Crippen molar-refractivity contribution in [2.45, 2.75) is 19.8 Å². The number of aromatic nitrogens is 6. The average Bonchev–Trinajstić information content (AvgIpc) is 3.63. The second kappa shape index (κ2) is 8.77. The van der Waals surface area contributed by atoms with Gasteiger partial charge in [0.1, 0.15) is 16.9 Å². The fourth-order valence-electron chi connectivity index (χ4n) is 4.15. The molecule has 1 amide bonds. The highest BCUT2D eigenvalue weighted by atomic mass is 32.1. The zero-order valence-corrected chi connectivity index (χ0v) is 19.7. The van der Waals surface area contributed by atoms with Crippen molar-refractivity contribution in [1.29, 1.82) is 0 Å². The van der Waals surface area contributed by atoms with Crippen LogP contribution in [0.25, 0.3) is 55.2 Å². The second-order valence-corrected chi connectivity index (χ2v) is 9.15. The molecule has 172 valence electrons. The molecule has 0 radical (unpaired) electrons. The highest BCUT2D eigenvalue weighted by molar-refractivity contribution is 7.13. The first kappa shape index (κ1) is 21.2. The molecule has 8 nitrogen and oxygen atoms in total. The number of anilines is 1. The lowest BCUT2D eigenvalue weighted by atomic mass is 10.1. The summed E-state index contributed by atoms with van der Waals surface area (Å²) in [7, 11) is 0. The van der Waals surface area contributed by atoms with Crippen LogP contribution in [0.3, 0.4) is 0 Å². The Hall–Kier alpha value is -4.37. The second-order valence-electron chi connectivity index (χ2n) is 8.21. The number of nitrogens with one attached hydrogen (secondary N) is 3. The number of rotatable bonds is 6. The molecule has 0 fully saturated rings. The topological polar surface area (TPSA) is 112 Å². The first-order valence-electron chi connectivity index (χ1n) is 11.3. The number of aromatic amines is 2. The maximum Gasteiger partial charge on any atom is 0.224 e. The smallest absolute Gasteiger partial charge is 0.224 e. The number of nitrogens with zero attached hydrogens (tertiary/aromatic N) is 4. The number of amides is 1. The zero-order chi connectivity index (χ0) is 23.8. The Morgan fingerprint density at radius 2 is 2.09 bits per heavy atom. The fourth-order valence-corrected chi connectivity index (χ4v) is 4.91. The normalized spacial score (nSPS) is 11.3. The fraction of sp³-hybridized carbons (Fsp3) is 0.115. The van der Waals surface area contributed by atoms with Gasteiger partial charge in [0.15, 0.2) is 0 Å². The third kappa shape index (κ3) is 3.95. The van der Waals surface area contributed by atoms with Crippen molar-refractivity contribution in [2.75, 3.05) is 5.32 Å². The van der Waals surface area contributed by atoms with Gasteiger partial charge in [0.05, 0.1) is 28.8 Å². The summed E-state index contributed by atoms with van der Waals surface area (Å²) in [6.07, 6.45) is 6.46.